The maximum atomic E-state index is 6.02. The highest BCUT2D eigenvalue weighted by Gasteiger charge is 2.06. The zero-order valence-electron chi connectivity index (χ0n) is 16.8. The molecule has 5 aromatic rings. The SMILES string of the molecule is Cc1ccc(Cc2ccc(Oc3ccc(-c4nc5ccccc5[nH]4)cc3)cc2)cc1. The van der Waals surface area contributed by atoms with Gasteiger partial charge >= 0.3 is 0 Å². The molecule has 1 aromatic heterocycles. The van der Waals surface area contributed by atoms with Crippen LogP contribution in [0.2, 0.25) is 0 Å². The van der Waals surface area contributed by atoms with Gasteiger partial charge in [0.1, 0.15) is 17.3 Å². The average molecular weight is 390 g/mol. The fourth-order valence-corrected chi connectivity index (χ4v) is 3.52. The molecule has 0 saturated carbocycles. The summed E-state index contributed by atoms with van der Waals surface area (Å²) < 4.78 is 6.02. The number of benzene rings is 4. The van der Waals surface area contributed by atoms with E-state index in [1.165, 1.54) is 16.7 Å². The van der Waals surface area contributed by atoms with Crippen molar-refractivity contribution < 1.29 is 4.74 Å². The minimum absolute atomic E-state index is 0.807. The zero-order valence-corrected chi connectivity index (χ0v) is 16.8. The van der Waals surface area contributed by atoms with Gasteiger partial charge in [-0.25, -0.2) is 4.98 Å². The Hall–Kier alpha value is -3.85. The molecule has 0 saturated heterocycles. The number of imidazole rings is 1. The second kappa shape index (κ2) is 7.88. The van der Waals surface area contributed by atoms with Crippen molar-refractivity contribution in [2.75, 3.05) is 0 Å². The van der Waals surface area contributed by atoms with Crippen LogP contribution >= 0.6 is 0 Å². The van der Waals surface area contributed by atoms with Crippen LogP contribution in [0.3, 0.4) is 0 Å². The number of aromatic nitrogens is 2. The lowest BCUT2D eigenvalue weighted by Crippen LogP contribution is -1.89. The Labute approximate surface area is 176 Å². The maximum Gasteiger partial charge on any atom is 0.138 e. The van der Waals surface area contributed by atoms with Crippen molar-refractivity contribution >= 4 is 11.0 Å². The Morgan fingerprint density at radius 1 is 0.700 bits per heavy atom. The second-order valence-corrected chi connectivity index (χ2v) is 7.54. The number of H-pyrrole nitrogens is 1. The van der Waals surface area contributed by atoms with Crippen molar-refractivity contribution in [3.63, 3.8) is 0 Å². The zero-order chi connectivity index (χ0) is 20.3. The standard InChI is InChI=1S/C27H22N2O/c1-19-6-8-20(9-7-19)18-21-10-14-23(15-11-21)30-24-16-12-22(13-17-24)27-28-25-4-2-3-5-26(25)29-27/h2-17H,18H2,1H3,(H,28,29). The van der Waals surface area contributed by atoms with Crippen molar-refractivity contribution in [3.05, 3.63) is 114 Å². The van der Waals surface area contributed by atoms with Crippen LogP contribution in [0.5, 0.6) is 11.5 Å². The summed E-state index contributed by atoms with van der Waals surface area (Å²) in [7, 11) is 0. The van der Waals surface area contributed by atoms with Crippen LogP contribution in [-0.4, -0.2) is 9.97 Å². The molecule has 0 aliphatic carbocycles. The van der Waals surface area contributed by atoms with Gasteiger partial charge in [-0.3, -0.25) is 0 Å². The van der Waals surface area contributed by atoms with E-state index >= 15 is 0 Å². The van der Waals surface area contributed by atoms with Crippen LogP contribution < -0.4 is 4.74 Å². The van der Waals surface area contributed by atoms with Crippen LogP contribution in [0.1, 0.15) is 16.7 Å². The summed E-state index contributed by atoms with van der Waals surface area (Å²) in [5, 5.41) is 0. The molecule has 0 aliphatic rings. The van der Waals surface area contributed by atoms with Gasteiger partial charge in [-0.1, -0.05) is 54.1 Å². The van der Waals surface area contributed by atoms with E-state index in [0.29, 0.717) is 0 Å². The highest BCUT2D eigenvalue weighted by molar-refractivity contribution is 5.79. The lowest BCUT2D eigenvalue weighted by Gasteiger charge is -2.08. The first kappa shape index (κ1) is 18.2. The minimum atomic E-state index is 0.807. The van der Waals surface area contributed by atoms with Crippen molar-refractivity contribution in [1.82, 2.24) is 9.97 Å². The number of nitrogens with one attached hydrogen (secondary N) is 1. The van der Waals surface area contributed by atoms with Crippen LogP contribution in [0.15, 0.2) is 97.1 Å². The summed E-state index contributed by atoms with van der Waals surface area (Å²) in [4.78, 5) is 8.01. The number of aryl methyl sites for hydroxylation is 1. The van der Waals surface area contributed by atoms with Crippen LogP contribution in [-0.2, 0) is 6.42 Å². The molecule has 0 unspecified atom stereocenters. The van der Waals surface area contributed by atoms with Gasteiger partial charge in [0, 0.05) is 5.56 Å². The Bertz CT molecular complexity index is 1230. The maximum absolute atomic E-state index is 6.02. The summed E-state index contributed by atoms with van der Waals surface area (Å²) in [6, 6.07) is 33.0. The quantitative estimate of drug-likeness (QED) is 0.354. The van der Waals surface area contributed by atoms with E-state index in [0.717, 1.165) is 40.3 Å². The molecule has 1 heterocycles. The molecule has 0 amide bonds. The number of para-hydroxylation sites is 2. The summed E-state index contributed by atoms with van der Waals surface area (Å²) in [6.45, 7) is 2.11. The van der Waals surface area contributed by atoms with Gasteiger partial charge in [-0.2, -0.15) is 0 Å². The molecule has 1 N–H and O–H groups in total. The Morgan fingerprint density at radius 3 is 1.97 bits per heavy atom. The molecule has 0 aliphatic heterocycles. The number of rotatable bonds is 5. The van der Waals surface area contributed by atoms with Gasteiger partial charge < -0.3 is 9.72 Å². The van der Waals surface area contributed by atoms with Gasteiger partial charge in [-0.05, 0) is 73.0 Å². The van der Waals surface area contributed by atoms with E-state index in [9.17, 15) is 0 Å². The number of ether oxygens (including phenoxy) is 1. The molecule has 0 bridgehead atoms. The lowest BCUT2D eigenvalue weighted by molar-refractivity contribution is 0.482. The normalized spacial score (nSPS) is 11.0. The molecule has 0 atom stereocenters. The molecule has 0 radical (unpaired) electrons. The van der Waals surface area contributed by atoms with Crippen LogP contribution in [0, 0.1) is 6.92 Å². The van der Waals surface area contributed by atoms with Crippen LogP contribution in [0.25, 0.3) is 22.4 Å². The predicted molar refractivity (Wildman–Crippen MR) is 122 cm³/mol. The van der Waals surface area contributed by atoms with Crippen molar-refractivity contribution in [1.29, 1.82) is 0 Å². The third-order valence-corrected chi connectivity index (χ3v) is 5.21. The molecule has 3 heteroatoms. The molecular weight excluding hydrogens is 368 g/mol. The number of hydrogen-bond donors (Lipinski definition) is 1. The molecule has 5 rings (SSSR count). The first-order valence-corrected chi connectivity index (χ1v) is 10.1. The minimum Gasteiger partial charge on any atom is -0.457 e. The third-order valence-electron chi connectivity index (χ3n) is 5.21. The predicted octanol–water partition coefficient (Wildman–Crippen LogP) is 6.92. The largest absolute Gasteiger partial charge is 0.457 e. The van der Waals surface area contributed by atoms with Gasteiger partial charge in [0.15, 0.2) is 0 Å². The van der Waals surface area contributed by atoms with Crippen LogP contribution in [0.4, 0.5) is 0 Å². The topological polar surface area (TPSA) is 37.9 Å². The highest BCUT2D eigenvalue weighted by Crippen LogP contribution is 2.26. The molecular formula is C27H22N2O. The first-order chi connectivity index (χ1) is 14.7. The summed E-state index contributed by atoms with van der Waals surface area (Å²) in [5.74, 6) is 2.50. The molecule has 3 nitrogen and oxygen atoms in total. The lowest BCUT2D eigenvalue weighted by atomic mass is 10.0. The molecule has 4 aromatic carbocycles. The van der Waals surface area contributed by atoms with E-state index in [-0.39, 0.29) is 0 Å². The van der Waals surface area contributed by atoms with Gasteiger partial charge in [0.2, 0.25) is 0 Å². The summed E-state index contributed by atoms with van der Waals surface area (Å²) >= 11 is 0. The van der Waals surface area contributed by atoms with E-state index in [2.05, 4.69) is 53.3 Å². The van der Waals surface area contributed by atoms with Gasteiger partial charge in [0.05, 0.1) is 11.0 Å². The monoisotopic (exact) mass is 390 g/mol. The number of aromatic amines is 1. The number of nitrogens with zero attached hydrogens (tertiary/aromatic N) is 1. The van der Waals surface area contributed by atoms with Gasteiger partial charge in [-0.15, -0.1) is 0 Å². The van der Waals surface area contributed by atoms with Gasteiger partial charge in [0.25, 0.3) is 0 Å². The molecule has 30 heavy (non-hydrogen) atoms. The smallest absolute Gasteiger partial charge is 0.138 e. The Morgan fingerprint density at radius 2 is 1.30 bits per heavy atom. The number of fused-ring (bicyclic) bond motifs is 1. The second-order valence-electron chi connectivity index (χ2n) is 7.54. The Kier molecular flexibility index (Phi) is 4.78. The fraction of sp³-hybridized carbons (Fsp3) is 0.0741. The summed E-state index contributed by atoms with van der Waals surface area (Å²) in [6.07, 6.45) is 0.923. The van der Waals surface area contributed by atoms with E-state index in [1.54, 1.807) is 0 Å². The molecule has 146 valence electrons. The van der Waals surface area contributed by atoms with Crippen molar-refractivity contribution in [2.24, 2.45) is 0 Å². The van der Waals surface area contributed by atoms with E-state index in [4.69, 9.17) is 4.74 Å². The fourth-order valence-electron chi connectivity index (χ4n) is 3.52. The Balaban J connectivity index is 1.27. The van der Waals surface area contributed by atoms with E-state index < -0.39 is 0 Å². The van der Waals surface area contributed by atoms with Crippen molar-refractivity contribution in [3.8, 4) is 22.9 Å². The van der Waals surface area contributed by atoms with Crippen molar-refractivity contribution in [2.45, 2.75) is 13.3 Å². The average Bonchev–Trinajstić information content (AvgIpc) is 3.22. The summed E-state index contributed by atoms with van der Waals surface area (Å²) in [5.41, 5.74) is 6.92. The first-order valence-electron chi connectivity index (χ1n) is 10.1. The molecule has 0 fully saturated rings. The molecule has 0 spiro atoms. The highest BCUT2D eigenvalue weighted by atomic mass is 16.5. The number of hydrogen-bond acceptors (Lipinski definition) is 2. The third kappa shape index (κ3) is 3.96. The van der Waals surface area contributed by atoms with E-state index in [1.807, 2.05) is 60.7 Å².